The minimum absolute atomic E-state index is 0.00394. The van der Waals surface area contributed by atoms with Gasteiger partial charge in [0.2, 0.25) is 5.78 Å². The van der Waals surface area contributed by atoms with Crippen molar-refractivity contribution in [1.29, 1.82) is 0 Å². The number of furan rings is 1. The first-order valence-corrected chi connectivity index (χ1v) is 14.0. The van der Waals surface area contributed by atoms with E-state index in [0.717, 1.165) is 35.6 Å². The number of amides is 1. The van der Waals surface area contributed by atoms with Crippen LogP contribution in [-0.4, -0.2) is 57.0 Å². The fraction of sp³-hybridized carbons (Fsp3) is 0.455. The number of fused-ring (bicyclic) bond motifs is 1. The molecule has 1 amide bonds. The molecular formula is C33H40N2O5. The molecule has 1 aromatic heterocycles. The van der Waals surface area contributed by atoms with Crippen molar-refractivity contribution >= 4 is 17.4 Å². The van der Waals surface area contributed by atoms with Crippen LogP contribution in [0.5, 0.6) is 11.5 Å². The zero-order chi connectivity index (χ0) is 28.8. The molecule has 2 heterocycles. The highest BCUT2D eigenvalue weighted by molar-refractivity contribution is 6.09. The Kier molecular flexibility index (Phi) is 7.19. The molecule has 2 aromatic carbocycles. The summed E-state index contributed by atoms with van der Waals surface area (Å²) in [6.07, 6.45) is 2.19. The molecule has 7 nitrogen and oxygen atoms in total. The summed E-state index contributed by atoms with van der Waals surface area (Å²) in [7, 11) is 3.26. The molecule has 40 heavy (non-hydrogen) atoms. The second-order valence-electron chi connectivity index (χ2n) is 12.3. The normalized spacial score (nSPS) is 17.8. The van der Waals surface area contributed by atoms with Crippen molar-refractivity contribution in [2.24, 2.45) is 0 Å². The highest BCUT2D eigenvalue weighted by Gasteiger charge is 2.38. The molecule has 0 radical (unpaired) electrons. The Morgan fingerprint density at radius 3 is 1.90 bits per heavy atom. The first-order valence-electron chi connectivity index (χ1n) is 14.0. The molecule has 0 unspecified atom stereocenters. The van der Waals surface area contributed by atoms with Crippen molar-refractivity contribution in [2.75, 3.05) is 45.3 Å². The number of carbonyl (C=O) groups is 2. The Balaban J connectivity index is 1.31. The van der Waals surface area contributed by atoms with Crippen LogP contribution < -0.4 is 14.4 Å². The molecule has 3 aromatic rings. The topological polar surface area (TPSA) is 72.2 Å². The molecule has 1 fully saturated rings. The summed E-state index contributed by atoms with van der Waals surface area (Å²) in [5.74, 6) is 1.45. The number of benzene rings is 2. The van der Waals surface area contributed by atoms with Crippen LogP contribution in [-0.2, 0) is 10.8 Å². The molecule has 2 aliphatic rings. The lowest BCUT2D eigenvalue weighted by atomic mass is 9.62. The summed E-state index contributed by atoms with van der Waals surface area (Å²) in [5.41, 5.74) is 5.18. The SMILES string of the molecule is COc1cc(OC)cc(N2CCN(C(=O)c3ccc(C(=O)c4cc5c(cc4C)C(C)(C)CCC5(C)C)o3)CC2)c1. The monoisotopic (exact) mass is 544 g/mol. The van der Waals surface area contributed by atoms with Gasteiger partial charge in [0, 0.05) is 55.6 Å². The van der Waals surface area contributed by atoms with E-state index in [0.29, 0.717) is 31.7 Å². The van der Waals surface area contributed by atoms with Crippen molar-refractivity contribution in [3.05, 3.63) is 76.2 Å². The summed E-state index contributed by atoms with van der Waals surface area (Å²) in [5, 5.41) is 0. The van der Waals surface area contributed by atoms with Crippen LogP contribution in [0, 0.1) is 6.92 Å². The standard InChI is InChI=1S/C33H40N2O5/c1-21-16-26-27(33(4,5)11-10-32(26,2)3)20-25(21)30(36)28-8-9-29(40-28)31(37)35-14-12-34(13-15-35)22-17-23(38-6)19-24(18-22)39-7/h8-9,16-20H,10-15H2,1-7H3. The van der Waals surface area contributed by atoms with Crippen LogP contribution in [0.3, 0.4) is 0 Å². The maximum atomic E-state index is 13.6. The van der Waals surface area contributed by atoms with Crippen LogP contribution in [0.4, 0.5) is 5.69 Å². The molecule has 5 rings (SSSR count). The van der Waals surface area contributed by atoms with Gasteiger partial charge in [-0.15, -0.1) is 0 Å². The van der Waals surface area contributed by atoms with Gasteiger partial charge in [-0.25, -0.2) is 0 Å². The van der Waals surface area contributed by atoms with Gasteiger partial charge in [-0.1, -0.05) is 33.8 Å². The Morgan fingerprint density at radius 1 is 0.775 bits per heavy atom. The van der Waals surface area contributed by atoms with E-state index in [1.54, 1.807) is 31.3 Å². The van der Waals surface area contributed by atoms with Crippen LogP contribution in [0.1, 0.15) is 83.9 Å². The summed E-state index contributed by atoms with van der Waals surface area (Å²) >= 11 is 0. The molecule has 1 aliphatic carbocycles. The number of rotatable bonds is 6. The minimum Gasteiger partial charge on any atom is -0.497 e. The molecule has 0 spiro atoms. The molecule has 0 saturated carbocycles. The lowest BCUT2D eigenvalue weighted by Gasteiger charge is -2.42. The van der Waals surface area contributed by atoms with Gasteiger partial charge in [0.1, 0.15) is 11.5 Å². The van der Waals surface area contributed by atoms with Crippen molar-refractivity contribution in [1.82, 2.24) is 4.90 Å². The van der Waals surface area contributed by atoms with Gasteiger partial charge in [0.25, 0.3) is 5.91 Å². The van der Waals surface area contributed by atoms with Gasteiger partial charge in [0.05, 0.1) is 14.2 Å². The number of nitrogens with zero attached hydrogens (tertiary/aromatic N) is 2. The van der Waals surface area contributed by atoms with Gasteiger partial charge in [-0.3, -0.25) is 9.59 Å². The van der Waals surface area contributed by atoms with Crippen molar-refractivity contribution in [2.45, 2.75) is 58.3 Å². The lowest BCUT2D eigenvalue weighted by Crippen LogP contribution is -2.48. The average Bonchev–Trinajstić information content (AvgIpc) is 3.45. The highest BCUT2D eigenvalue weighted by atomic mass is 16.5. The largest absolute Gasteiger partial charge is 0.497 e. The van der Waals surface area contributed by atoms with Gasteiger partial charge in [0.15, 0.2) is 11.5 Å². The van der Waals surface area contributed by atoms with Gasteiger partial charge in [-0.05, 0) is 65.5 Å². The number of ether oxygens (including phenoxy) is 2. The third kappa shape index (κ3) is 5.09. The van der Waals surface area contributed by atoms with Crippen LogP contribution in [0.15, 0.2) is 46.9 Å². The second kappa shape index (κ2) is 10.3. The van der Waals surface area contributed by atoms with Crippen molar-refractivity contribution in [3.8, 4) is 11.5 Å². The Labute approximate surface area is 237 Å². The van der Waals surface area contributed by atoms with Gasteiger partial charge >= 0.3 is 0 Å². The van der Waals surface area contributed by atoms with Crippen LogP contribution in [0.2, 0.25) is 0 Å². The molecular weight excluding hydrogens is 504 g/mol. The van der Waals surface area contributed by atoms with Crippen LogP contribution in [0.25, 0.3) is 0 Å². The van der Waals surface area contributed by atoms with E-state index in [-0.39, 0.29) is 34.0 Å². The molecule has 0 N–H and O–H groups in total. The van der Waals surface area contributed by atoms with Crippen molar-refractivity contribution in [3.63, 3.8) is 0 Å². The average molecular weight is 545 g/mol. The number of hydrogen-bond acceptors (Lipinski definition) is 6. The fourth-order valence-electron chi connectivity index (χ4n) is 5.97. The quantitative estimate of drug-likeness (QED) is 0.347. The first-order chi connectivity index (χ1) is 18.9. The smallest absolute Gasteiger partial charge is 0.289 e. The Morgan fingerprint density at radius 2 is 1.32 bits per heavy atom. The zero-order valence-corrected chi connectivity index (χ0v) is 24.7. The minimum atomic E-state index is -0.202. The molecule has 0 bridgehead atoms. The summed E-state index contributed by atoms with van der Waals surface area (Å²) < 4.78 is 16.7. The fourth-order valence-corrected chi connectivity index (χ4v) is 5.97. The predicted octanol–water partition coefficient (Wildman–Crippen LogP) is 6.15. The molecule has 212 valence electrons. The van der Waals surface area contributed by atoms with E-state index in [4.69, 9.17) is 13.9 Å². The summed E-state index contributed by atoms with van der Waals surface area (Å²) in [6.45, 7) is 13.4. The maximum Gasteiger partial charge on any atom is 0.289 e. The number of aryl methyl sites for hydroxylation is 1. The van der Waals surface area contributed by atoms with E-state index >= 15 is 0 Å². The van der Waals surface area contributed by atoms with E-state index in [1.165, 1.54) is 11.1 Å². The van der Waals surface area contributed by atoms with E-state index in [2.05, 4.69) is 44.7 Å². The first kappa shape index (κ1) is 27.8. The van der Waals surface area contributed by atoms with Gasteiger partial charge < -0.3 is 23.7 Å². The Bertz CT molecular complexity index is 1420. The Hall–Kier alpha value is -3.74. The lowest BCUT2D eigenvalue weighted by molar-refractivity contribution is 0.0712. The molecule has 1 saturated heterocycles. The van der Waals surface area contributed by atoms with Crippen LogP contribution >= 0.6 is 0 Å². The number of anilines is 1. The summed E-state index contributed by atoms with van der Waals surface area (Å²) in [6, 6.07) is 13.3. The number of ketones is 1. The summed E-state index contributed by atoms with van der Waals surface area (Å²) in [4.78, 5) is 30.9. The molecule has 1 aliphatic heterocycles. The maximum absolute atomic E-state index is 13.6. The van der Waals surface area contributed by atoms with Crippen molar-refractivity contribution < 1.29 is 23.5 Å². The third-order valence-electron chi connectivity index (χ3n) is 8.75. The van der Waals surface area contributed by atoms with E-state index in [1.807, 2.05) is 25.1 Å². The number of carbonyl (C=O) groups excluding carboxylic acids is 2. The second-order valence-corrected chi connectivity index (χ2v) is 12.3. The molecule has 7 heteroatoms. The predicted molar refractivity (Wildman–Crippen MR) is 156 cm³/mol. The van der Waals surface area contributed by atoms with E-state index < -0.39 is 0 Å². The highest BCUT2D eigenvalue weighted by Crippen LogP contribution is 2.46. The molecule has 0 atom stereocenters. The number of methoxy groups -OCH3 is 2. The third-order valence-corrected chi connectivity index (χ3v) is 8.75. The number of hydrogen-bond donors (Lipinski definition) is 0. The zero-order valence-electron chi connectivity index (χ0n) is 24.7. The van der Waals surface area contributed by atoms with E-state index in [9.17, 15) is 9.59 Å². The van der Waals surface area contributed by atoms with Gasteiger partial charge in [-0.2, -0.15) is 0 Å². The number of piperazine rings is 1.